The van der Waals surface area contributed by atoms with Gasteiger partial charge in [-0.1, -0.05) is 54.4 Å². The van der Waals surface area contributed by atoms with Crippen LogP contribution in [0.2, 0.25) is 9.36 Å². The van der Waals surface area contributed by atoms with Crippen molar-refractivity contribution in [2.75, 3.05) is 10.8 Å². The number of carbonyl (C=O) groups excluding carboxylic acids is 1. The van der Waals surface area contributed by atoms with Gasteiger partial charge in [-0.3, -0.25) is 13.9 Å². The number of carboxylic acid groups (broad SMARTS) is 1. The van der Waals surface area contributed by atoms with Crippen molar-refractivity contribution in [3.63, 3.8) is 0 Å². The molecule has 1 aromatic heterocycles. The number of benzene rings is 2. The third-order valence-corrected chi connectivity index (χ3v) is 11.3. The molecule has 5 rings (SSSR count). The zero-order valence-electron chi connectivity index (χ0n) is 22.5. The summed E-state index contributed by atoms with van der Waals surface area (Å²) in [6.07, 6.45) is -1.58. The van der Waals surface area contributed by atoms with Crippen LogP contribution in [0.5, 0.6) is 0 Å². The Hall–Kier alpha value is -2.70. The molecule has 13 heteroatoms. The van der Waals surface area contributed by atoms with Crippen LogP contribution in [-0.4, -0.2) is 54.2 Å². The summed E-state index contributed by atoms with van der Waals surface area (Å²) in [6.45, 7) is 1.56. The molecule has 1 saturated carbocycles. The predicted molar refractivity (Wildman–Crippen MR) is 160 cm³/mol. The molecule has 2 heterocycles. The van der Waals surface area contributed by atoms with E-state index in [1.807, 2.05) is 0 Å². The van der Waals surface area contributed by atoms with Crippen LogP contribution in [0.3, 0.4) is 0 Å². The highest BCUT2D eigenvalue weighted by molar-refractivity contribution is 7.93. The monoisotopic (exact) mass is 654 g/mol. The number of hydrogen-bond acceptors (Lipinski definition) is 6. The van der Waals surface area contributed by atoms with Crippen molar-refractivity contribution in [2.45, 2.75) is 62.1 Å². The molecule has 0 bridgehead atoms. The number of hydrogen-bond donors (Lipinski definition) is 1. The Kier molecular flexibility index (Phi) is 9.15. The summed E-state index contributed by atoms with van der Waals surface area (Å²) in [7, 11) is -3.95. The van der Waals surface area contributed by atoms with Crippen molar-refractivity contribution in [1.29, 1.82) is 0 Å². The van der Waals surface area contributed by atoms with Gasteiger partial charge in [0.05, 0.1) is 40.3 Å². The normalized spacial score (nSPS) is 21.8. The first kappa shape index (κ1) is 30.7. The van der Waals surface area contributed by atoms with Crippen molar-refractivity contribution in [3.8, 4) is 0 Å². The maximum atomic E-state index is 15.1. The molecular weight excluding hydrogens is 626 g/mol. The first-order chi connectivity index (χ1) is 20.0. The molecule has 224 valence electrons. The first-order valence-electron chi connectivity index (χ1n) is 13.5. The van der Waals surface area contributed by atoms with E-state index >= 15 is 4.39 Å². The van der Waals surface area contributed by atoms with Crippen molar-refractivity contribution in [3.05, 3.63) is 86.3 Å². The molecular formula is C29H29Cl2FN2O6S2. The number of carboxylic acids is 1. The molecule has 0 spiro atoms. The lowest BCUT2D eigenvalue weighted by Crippen LogP contribution is -2.58. The number of sulfonamides is 1. The van der Waals surface area contributed by atoms with E-state index in [0.29, 0.717) is 32.6 Å². The Morgan fingerprint density at radius 2 is 1.90 bits per heavy atom. The van der Waals surface area contributed by atoms with E-state index in [0.717, 1.165) is 4.31 Å². The zero-order chi connectivity index (χ0) is 30.2. The fraction of sp³-hybridized carbons (Fsp3) is 0.379. The average Bonchev–Trinajstić information content (AvgIpc) is 3.73. The molecule has 0 radical (unpaired) electrons. The molecule has 1 amide bonds. The number of thiophene rings is 1. The van der Waals surface area contributed by atoms with Crippen LogP contribution in [0, 0.1) is 5.82 Å². The van der Waals surface area contributed by atoms with Crippen molar-refractivity contribution < 1.29 is 32.2 Å². The van der Waals surface area contributed by atoms with E-state index in [-0.39, 0.29) is 18.7 Å². The van der Waals surface area contributed by atoms with Gasteiger partial charge in [0.25, 0.3) is 5.91 Å². The number of aliphatic carboxylic acids is 1. The highest BCUT2D eigenvalue weighted by Gasteiger charge is 2.49. The number of carbonyl (C=O) groups is 2. The molecule has 1 aliphatic carbocycles. The summed E-state index contributed by atoms with van der Waals surface area (Å²) in [5.74, 6) is -2.53. The summed E-state index contributed by atoms with van der Waals surface area (Å²) < 4.78 is 50.2. The van der Waals surface area contributed by atoms with Gasteiger partial charge in [-0.25, -0.2) is 12.8 Å². The van der Waals surface area contributed by atoms with Crippen molar-refractivity contribution >= 4 is 62.1 Å². The predicted octanol–water partition coefficient (Wildman–Crippen LogP) is 6.46. The van der Waals surface area contributed by atoms with Crippen molar-refractivity contribution in [2.24, 2.45) is 0 Å². The number of halogens is 3. The minimum absolute atomic E-state index is 0.104. The fourth-order valence-corrected chi connectivity index (χ4v) is 8.60. The number of nitrogens with zero attached hydrogens (tertiary/aromatic N) is 2. The first-order valence-corrected chi connectivity index (χ1v) is 16.5. The number of anilines is 1. The summed E-state index contributed by atoms with van der Waals surface area (Å²) in [5, 5.41) is 9.42. The number of rotatable bonds is 11. The Labute approximate surface area is 257 Å². The number of para-hydroxylation sites is 1. The summed E-state index contributed by atoms with van der Waals surface area (Å²) in [5.41, 5.74) is 0.504. The minimum atomic E-state index is -3.95. The van der Waals surface area contributed by atoms with Gasteiger partial charge >= 0.3 is 5.97 Å². The smallest absolute Gasteiger partial charge is 0.306 e. The number of morpholine rings is 1. The Balaban J connectivity index is 1.64. The molecule has 1 N–H and O–H groups in total. The van der Waals surface area contributed by atoms with E-state index in [4.69, 9.17) is 27.9 Å². The van der Waals surface area contributed by atoms with E-state index in [1.54, 1.807) is 49.4 Å². The Bertz CT molecular complexity index is 1580. The van der Waals surface area contributed by atoms with Crippen LogP contribution < -0.4 is 4.31 Å². The minimum Gasteiger partial charge on any atom is -0.481 e. The lowest BCUT2D eigenvalue weighted by atomic mass is 9.93. The molecule has 1 aliphatic heterocycles. The fourth-order valence-electron chi connectivity index (χ4n) is 5.32. The van der Waals surface area contributed by atoms with Gasteiger partial charge in [0, 0.05) is 9.90 Å². The van der Waals surface area contributed by atoms with E-state index in [1.165, 1.54) is 34.4 Å². The second kappa shape index (κ2) is 12.5. The van der Waals surface area contributed by atoms with Gasteiger partial charge in [-0.15, -0.1) is 11.3 Å². The van der Waals surface area contributed by atoms with Gasteiger partial charge in [0.2, 0.25) is 10.0 Å². The summed E-state index contributed by atoms with van der Waals surface area (Å²) in [6, 6.07) is 14.4. The van der Waals surface area contributed by atoms with Gasteiger partial charge in [-0.2, -0.15) is 0 Å². The van der Waals surface area contributed by atoms with Crippen LogP contribution in [0.25, 0.3) is 0 Å². The second-order valence-corrected chi connectivity index (χ2v) is 14.6. The lowest BCUT2D eigenvalue weighted by molar-refractivity contribution is -0.182. The molecule has 2 aliphatic rings. The summed E-state index contributed by atoms with van der Waals surface area (Å²) in [4.78, 5) is 28.1. The average molecular weight is 656 g/mol. The van der Waals surface area contributed by atoms with Crippen molar-refractivity contribution in [1.82, 2.24) is 4.90 Å². The van der Waals surface area contributed by atoms with E-state index < -0.39 is 63.7 Å². The standard InChI is InChI=1S/C29H29Cl2FN2O6S2/c1-2-19(16-33(42(38,39)20-10-11-20)22-9-4-3-8-21(22)32)34-27(24-12-13-25(31)41-24)28(17-6-5-7-18(30)14-17)40-23(29(34)37)15-26(35)36/h3-9,12-14,19-20,23,27-28H,2,10-11,15-16H2,1H3,(H,35,36)/t19-,23+,27?,28?/m0/s1. The van der Waals surface area contributed by atoms with Gasteiger partial charge in [0.1, 0.15) is 18.0 Å². The Morgan fingerprint density at radius 1 is 1.17 bits per heavy atom. The third kappa shape index (κ3) is 6.30. The van der Waals surface area contributed by atoms with Crippen LogP contribution >= 0.6 is 34.5 Å². The maximum Gasteiger partial charge on any atom is 0.306 e. The quantitative estimate of drug-likeness (QED) is 0.255. The Morgan fingerprint density at radius 3 is 2.50 bits per heavy atom. The van der Waals surface area contributed by atoms with Gasteiger partial charge < -0.3 is 14.7 Å². The number of ether oxygens (including phenoxy) is 1. The molecule has 3 aromatic rings. The van der Waals surface area contributed by atoms with Gasteiger partial charge in [-0.05, 0) is 61.2 Å². The molecule has 8 nitrogen and oxygen atoms in total. The topological polar surface area (TPSA) is 104 Å². The van der Waals surface area contributed by atoms with Gasteiger partial charge in [0.15, 0.2) is 0 Å². The molecule has 42 heavy (non-hydrogen) atoms. The molecule has 2 aromatic carbocycles. The SMILES string of the molecule is CC[C@@H](CN(c1ccccc1F)S(=O)(=O)C1CC1)N1C(=O)[C@@H](CC(=O)O)OC(c2cccc(Cl)c2)C1c1ccc(Cl)s1. The highest BCUT2D eigenvalue weighted by atomic mass is 35.5. The molecule has 4 atom stereocenters. The highest BCUT2D eigenvalue weighted by Crippen LogP contribution is 2.47. The third-order valence-electron chi connectivity index (χ3n) is 7.47. The molecule has 1 saturated heterocycles. The molecule has 2 unspecified atom stereocenters. The van der Waals surface area contributed by atoms with Crippen LogP contribution in [0.4, 0.5) is 10.1 Å². The maximum absolute atomic E-state index is 15.1. The zero-order valence-corrected chi connectivity index (χ0v) is 25.7. The van der Waals surface area contributed by atoms with Crippen LogP contribution in [-0.2, 0) is 24.3 Å². The second-order valence-electron chi connectivity index (χ2n) is 10.3. The van der Waals surface area contributed by atoms with Crippen LogP contribution in [0.15, 0.2) is 60.7 Å². The van der Waals surface area contributed by atoms with E-state index in [2.05, 4.69) is 0 Å². The molecule has 2 fully saturated rings. The summed E-state index contributed by atoms with van der Waals surface area (Å²) >= 11 is 13.9. The van der Waals surface area contributed by atoms with E-state index in [9.17, 15) is 23.1 Å². The lowest BCUT2D eigenvalue weighted by Gasteiger charge is -2.48. The van der Waals surface area contributed by atoms with Crippen LogP contribution in [0.1, 0.15) is 55.2 Å². The number of amides is 1. The largest absolute Gasteiger partial charge is 0.481 e.